The standard InChI is InChI=1S/C23H26N2O2S/c1-15-11-23(24-21-9-5-4-8-19(15)21)28-14-22(26)20-12-16(2)25(17(20)3)13-18-7-6-10-27-18/h4-5,8-9,11-12,18H,6-7,10,13-14H2,1-3H3/t18-/m0/s1. The molecular formula is C23H26N2O2S. The van der Waals surface area contributed by atoms with Gasteiger partial charge in [0.25, 0.3) is 0 Å². The molecule has 0 amide bonds. The van der Waals surface area contributed by atoms with Gasteiger partial charge < -0.3 is 9.30 Å². The van der Waals surface area contributed by atoms with Crippen molar-refractivity contribution in [1.29, 1.82) is 0 Å². The van der Waals surface area contributed by atoms with Crippen LogP contribution in [0.4, 0.5) is 0 Å². The van der Waals surface area contributed by atoms with E-state index in [-0.39, 0.29) is 11.9 Å². The van der Waals surface area contributed by atoms with Gasteiger partial charge in [0, 0.05) is 35.5 Å². The summed E-state index contributed by atoms with van der Waals surface area (Å²) in [7, 11) is 0. The molecule has 3 aromatic rings. The van der Waals surface area contributed by atoms with Gasteiger partial charge in [-0.25, -0.2) is 4.98 Å². The number of ether oxygens (including phenoxy) is 1. The van der Waals surface area contributed by atoms with Crippen LogP contribution in [0.5, 0.6) is 0 Å². The highest BCUT2D eigenvalue weighted by Gasteiger charge is 2.21. The van der Waals surface area contributed by atoms with E-state index >= 15 is 0 Å². The predicted octanol–water partition coefficient (Wildman–Crippen LogP) is 5.12. The lowest BCUT2D eigenvalue weighted by Gasteiger charge is -2.14. The number of thioether (sulfide) groups is 1. The van der Waals surface area contributed by atoms with Gasteiger partial charge in [0.1, 0.15) is 0 Å². The summed E-state index contributed by atoms with van der Waals surface area (Å²) in [4.78, 5) is 17.6. The number of aryl methyl sites for hydroxylation is 2. The quantitative estimate of drug-likeness (QED) is 0.430. The highest BCUT2D eigenvalue weighted by Crippen LogP contribution is 2.26. The monoisotopic (exact) mass is 394 g/mol. The smallest absolute Gasteiger partial charge is 0.174 e. The highest BCUT2D eigenvalue weighted by atomic mass is 32.2. The van der Waals surface area contributed by atoms with Gasteiger partial charge in [0.15, 0.2) is 5.78 Å². The number of rotatable bonds is 6. The predicted molar refractivity (Wildman–Crippen MR) is 114 cm³/mol. The minimum absolute atomic E-state index is 0.157. The molecule has 1 fully saturated rings. The van der Waals surface area contributed by atoms with E-state index in [1.165, 1.54) is 17.3 Å². The maximum atomic E-state index is 12.9. The molecule has 146 valence electrons. The molecule has 1 aliphatic heterocycles. The van der Waals surface area contributed by atoms with E-state index in [1.807, 2.05) is 31.2 Å². The Morgan fingerprint density at radius 3 is 2.86 bits per heavy atom. The van der Waals surface area contributed by atoms with Crippen molar-refractivity contribution in [2.24, 2.45) is 0 Å². The molecule has 4 rings (SSSR count). The second-order valence-electron chi connectivity index (χ2n) is 7.54. The first-order valence-corrected chi connectivity index (χ1v) is 10.8. The molecule has 1 aliphatic rings. The molecule has 0 spiro atoms. The minimum atomic E-state index is 0.157. The van der Waals surface area contributed by atoms with E-state index in [2.05, 4.69) is 30.5 Å². The first kappa shape index (κ1) is 19.2. The number of benzene rings is 1. The lowest BCUT2D eigenvalue weighted by atomic mass is 10.1. The van der Waals surface area contributed by atoms with Crippen LogP contribution in [-0.4, -0.2) is 33.8 Å². The highest BCUT2D eigenvalue weighted by molar-refractivity contribution is 7.99. The Morgan fingerprint density at radius 1 is 1.25 bits per heavy atom. The van der Waals surface area contributed by atoms with Crippen LogP contribution in [0.2, 0.25) is 0 Å². The van der Waals surface area contributed by atoms with Crippen LogP contribution in [-0.2, 0) is 11.3 Å². The van der Waals surface area contributed by atoms with Crippen LogP contribution in [0.15, 0.2) is 41.4 Å². The van der Waals surface area contributed by atoms with E-state index in [0.29, 0.717) is 5.75 Å². The van der Waals surface area contributed by atoms with Crippen LogP contribution in [0.3, 0.4) is 0 Å². The molecule has 0 unspecified atom stereocenters. The number of fused-ring (bicyclic) bond motifs is 1. The molecule has 0 saturated carbocycles. The fraction of sp³-hybridized carbons (Fsp3) is 0.391. The number of aromatic nitrogens is 2. The fourth-order valence-electron chi connectivity index (χ4n) is 3.97. The molecule has 0 bridgehead atoms. The summed E-state index contributed by atoms with van der Waals surface area (Å²) < 4.78 is 8.00. The SMILES string of the molecule is Cc1cc(SCC(=O)c2cc(C)n(C[C@@H]3CCCO3)c2C)nc2ccccc12. The van der Waals surface area contributed by atoms with Crippen molar-refractivity contribution in [3.8, 4) is 0 Å². The van der Waals surface area contributed by atoms with E-state index < -0.39 is 0 Å². The summed E-state index contributed by atoms with van der Waals surface area (Å²) in [6.07, 6.45) is 2.50. The number of ketones is 1. The van der Waals surface area contributed by atoms with Gasteiger partial charge in [0.05, 0.1) is 22.4 Å². The summed E-state index contributed by atoms with van der Waals surface area (Å²) in [6, 6.07) is 12.2. The molecule has 0 radical (unpaired) electrons. The Balaban J connectivity index is 1.48. The number of pyridine rings is 1. The van der Waals surface area contributed by atoms with Gasteiger partial charge in [-0.1, -0.05) is 30.0 Å². The van der Waals surface area contributed by atoms with Crippen LogP contribution in [0, 0.1) is 20.8 Å². The first-order chi connectivity index (χ1) is 13.5. The lowest BCUT2D eigenvalue weighted by molar-refractivity contribution is 0.0957. The molecular weight excluding hydrogens is 368 g/mol. The van der Waals surface area contributed by atoms with Crippen molar-refractivity contribution in [1.82, 2.24) is 9.55 Å². The van der Waals surface area contributed by atoms with Gasteiger partial charge >= 0.3 is 0 Å². The molecule has 1 saturated heterocycles. The summed E-state index contributed by atoms with van der Waals surface area (Å²) in [6.45, 7) is 7.89. The average Bonchev–Trinajstić information content (AvgIpc) is 3.30. The number of hydrogen-bond acceptors (Lipinski definition) is 4. The number of carbonyl (C=O) groups excluding carboxylic acids is 1. The molecule has 0 N–H and O–H groups in total. The Labute approximate surface area is 170 Å². The molecule has 5 heteroatoms. The molecule has 28 heavy (non-hydrogen) atoms. The molecule has 1 aromatic carbocycles. The van der Waals surface area contributed by atoms with E-state index in [4.69, 9.17) is 9.72 Å². The third-order valence-electron chi connectivity index (χ3n) is 5.53. The second-order valence-corrected chi connectivity index (χ2v) is 8.53. The van der Waals surface area contributed by atoms with Crippen molar-refractivity contribution in [2.75, 3.05) is 12.4 Å². The minimum Gasteiger partial charge on any atom is -0.376 e. The molecule has 3 heterocycles. The molecule has 4 nitrogen and oxygen atoms in total. The summed E-state index contributed by atoms with van der Waals surface area (Å²) in [5.74, 6) is 0.555. The second kappa shape index (κ2) is 8.10. The Hall–Kier alpha value is -2.11. The number of carbonyl (C=O) groups is 1. The number of Topliss-reactive ketones (excluding diaryl/α,β-unsaturated/α-hetero) is 1. The van der Waals surface area contributed by atoms with Crippen molar-refractivity contribution in [3.05, 3.63) is 58.9 Å². The van der Waals surface area contributed by atoms with Crippen LogP contribution >= 0.6 is 11.8 Å². The largest absolute Gasteiger partial charge is 0.376 e. The van der Waals surface area contributed by atoms with Gasteiger partial charge in [-0.3, -0.25) is 4.79 Å². The number of nitrogens with zero attached hydrogens (tertiary/aromatic N) is 2. The molecule has 1 atom stereocenters. The molecule has 0 aliphatic carbocycles. The zero-order valence-electron chi connectivity index (χ0n) is 16.7. The summed E-state index contributed by atoms with van der Waals surface area (Å²) in [5.41, 5.74) is 5.16. The maximum Gasteiger partial charge on any atom is 0.174 e. The third-order valence-corrected chi connectivity index (χ3v) is 6.45. The fourth-order valence-corrected chi connectivity index (χ4v) is 4.82. The van der Waals surface area contributed by atoms with Crippen LogP contribution in [0.1, 0.15) is 40.2 Å². The Bertz CT molecular complexity index is 1020. The van der Waals surface area contributed by atoms with Gasteiger partial charge in [0.2, 0.25) is 0 Å². The van der Waals surface area contributed by atoms with Crippen LogP contribution in [0.25, 0.3) is 10.9 Å². The molecule has 2 aromatic heterocycles. The van der Waals surface area contributed by atoms with Crippen molar-refractivity contribution in [3.63, 3.8) is 0 Å². The Morgan fingerprint density at radius 2 is 2.07 bits per heavy atom. The van der Waals surface area contributed by atoms with Crippen molar-refractivity contribution in [2.45, 2.75) is 51.3 Å². The topological polar surface area (TPSA) is 44.1 Å². The average molecular weight is 395 g/mol. The van der Waals surface area contributed by atoms with Crippen molar-refractivity contribution < 1.29 is 9.53 Å². The maximum absolute atomic E-state index is 12.9. The summed E-state index contributed by atoms with van der Waals surface area (Å²) in [5, 5.41) is 2.06. The third kappa shape index (κ3) is 3.87. The van der Waals surface area contributed by atoms with E-state index in [0.717, 1.165) is 58.9 Å². The van der Waals surface area contributed by atoms with Gasteiger partial charge in [-0.2, -0.15) is 0 Å². The van der Waals surface area contributed by atoms with Gasteiger partial charge in [-0.15, -0.1) is 0 Å². The zero-order valence-corrected chi connectivity index (χ0v) is 17.5. The lowest BCUT2D eigenvalue weighted by Crippen LogP contribution is -2.17. The zero-order chi connectivity index (χ0) is 19.7. The normalized spacial score (nSPS) is 16.8. The first-order valence-electron chi connectivity index (χ1n) is 9.83. The van der Waals surface area contributed by atoms with E-state index in [9.17, 15) is 4.79 Å². The van der Waals surface area contributed by atoms with Crippen LogP contribution < -0.4 is 0 Å². The Kier molecular flexibility index (Phi) is 5.56. The van der Waals surface area contributed by atoms with Crippen molar-refractivity contribution >= 4 is 28.4 Å². The summed E-state index contributed by atoms with van der Waals surface area (Å²) >= 11 is 1.51. The van der Waals surface area contributed by atoms with E-state index in [1.54, 1.807) is 0 Å². The number of para-hydroxylation sites is 1. The van der Waals surface area contributed by atoms with Gasteiger partial charge in [-0.05, 0) is 57.4 Å². The number of hydrogen-bond donors (Lipinski definition) is 0.